The first-order valence-corrected chi connectivity index (χ1v) is 4.67. The van der Waals surface area contributed by atoms with Crippen molar-refractivity contribution in [1.29, 1.82) is 0 Å². The number of aliphatic carboxylic acids is 1. The van der Waals surface area contributed by atoms with Gasteiger partial charge in [0.15, 0.2) is 0 Å². The molecule has 0 aromatic carbocycles. The molecule has 0 bridgehead atoms. The van der Waals surface area contributed by atoms with Crippen LogP contribution in [0, 0.1) is 5.92 Å². The molecule has 0 saturated heterocycles. The summed E-state index contributed by atoms with van der Waals surface area (Å²) < 4.78 is 26.2. The fourth-order valence-electron chi connectivity index (χ4n) is 1.96. The maximum Gasteiger partial charge on any atom is 0.377 e. The number of carbonyl (C=O) groups is 1. The molecule has 3 nitrogen and oxygen atoms in total. The van der Waals surface area contributed by atoms with E-state index in [1.54, 1.807) is 0 Å². The van der Waals surface area contributed by atoms with Crippen LogP contribution in [0.5, 0.6) is 0 Å². The number of halogens is 2. The third-order valence-electron chi connectivity index (χ3n) is 3.02. The van der Waals surface area contributed by atoms with Crippen molar-refractivity contribution in [3.8, 4) is 0 Å². The predicted molar refractivity (Wildman–Crippen MR) is 45.2 cm³/mol. The lowest BCUT2D eigenvalue weighted by Gasteiger charge is -2.29. The summed E-state index contributed by atoms with van der Waals surface area (Å²) in [4.78, 5) is 10.3. The summed E-state index contributed by atoms with van der Waals surface area (Å²) in [6.45, 7) is 1.84. The van der Waals surface area contributed by atoms with Gasteiger partial charge in [-0.05, 0) is 25.2 Å². The quantitative estimate of drug-likeness (QED) is 0.741. The van der Waals surface area contributed by atoms with E-state index in [9.17, 15) is 18.7 Å². The Morgan fingerprint density at radius 1 is 1.64 bits per heavy atom. The second-order valence-electron chi connectivity index (χ2n) is 3.93. The average molecular weight is 208 g/mol. The topological polar surface area (TPSA) is 57.5 Å². The molecule has 1 rings (SSSR count). The lowest BCUT2D eigenvalue weighted by atomic mass is 9.92. The van der Waals surface area contributed by atoms with Crippen LogP contribution in [-0.2, 0) is 4.79 Å². The Morgan fingerprint density at radius 3 is 2.57 bits per heavy atom. The Hall–Kier alpha value is -0.710. The summed E-state index contributed by atoms with van der Waals surface area (Å²) in [6, 6.07) is 0. The van der Waals surface area contributed by atoms with Gasteiger partial charge in [0.1, 0.15) is 5.60 Å². The zero-order chi connectivity index (χ0) is 11.0. The molecule has 14 heavy (non-hydrogen) atoms. The Bertz CT molecular complexity index is 242. The van der Waals surface area contributed by atoms with Crippen molar-refractivity contribution in [2.75, 3.05) is 0 Å². The third-order valence-corrected chi connectivity index (χ3v) is 3.02. The second-order valence-corrected chi connectivity index (χ2v) is 3.93. The zero-order valence-corrected chi connectivity index (χ0v) is 7.96. The summed E-state index contributed by atoms with van der Waals surface area (Å²) in [5.41, 5.74) is -2.35. The van der Waals surface area contributed by atoms with Gasteiger partial charge in [-0.15, -0.1) is 0 Å². The Kier molecular flexibility index (Phi) is 2.81. The molecular formula is C9H14F2O3. The maximum absolute atomic E-state index is 13.1. The van der Waals surface area contributed by atoms with E-state index in [1.807, 2.05) is 6.92 Å². The molecule has 0 aromatic rings. The number of hydrogen-bond acceptors (Lipinski definition) is 2. The molecule has 0 amide bonds. The predicted octanol–water partition coefficient (Wildman–Crippen LogP) is 1.65. The highest BCUT2D eigenvalue weighted by atomic mass is 19.3. The van der Waals surface area contributed by atoms with E-state index in [0.717, 1.165) is 0 Å². The van der Waals surface area contributed by atoms with Crippen molar-refractivity contribution >= 4 is 5.97 Å². The molecule has 0 radical (unpaired) electrons. The number of aliphatic hydroxyl groups is 1. The van der Waals surface area contributed by atoms with Gasteiger partial charge in [0.05, 0.1) is 0 Å². The van der Waals surface area contributed by atoms with Gasteiger partial charge in [-0.2, -0.15) is 8.78 Å². The van der Waals surface area contributed by atoms with E-state index >= 15 is 0 Å². The Balaban J connectivity index is 2.82. The molecule has 2 N–H and O–H groups in total. The molecule has 1 saturated carbocycles. The van der Waals surface area contributed by atoms with Crippen LogP contribution < -0.4 is 0 Å². The summed E-state index contributed by atoms with van der Waals surface area (Å²) in [7, 11) is 0. The van der Waals surface area contributed by atoms with E-state index < -0.39 is 17.5 Å². The number of alkyl halides is 2. The van der Waals surface area contributed by atoms with E-state index in [1.165, 1.54) is 0 Å². The van der Waals surface area contributed by atoms with Gasteiger partial charge in [-0.3, -0.25) is 0 Å². The Labute approximate surface area is 80.7 Å². The molecule has 1 fully saturated rings. The third kappa shape index (κ3) is 1.61. The minimum Gasteiger partial charge on any atom is -0.477 e. The monoisotopic (exact) mass is 208 g/mol. The zero-order valence-electron chi connectivity index (χ0n) is 7.96. The van der Waals surface area contributed by atoms with E-state index in [-0.39, 0.29) is 18.8 Å². The molecule has 0 aromatic heterocycles. The van der Waals surface area contributed by atoms with Gasteiger partial charge in [0.25, 0.3) is 0 Å². The minimum atomic E-state index is -4.03. The molecule has 0 spiro atoms. The number of hydrogen-bond donors (Lipinski definition) is 2. The van der Waals surface area contributed by atoms with Crippen molar-refractivity contribution in [2.24, 2.45) is 5.92 Å². The van der Waals surface area contributed by atoms with E-state index in [2.05, 4.69) is 0 Å². The number of carboxylic acid groups (broad SMARTS) is 1. The van der Waals surface area contributed by atoms with Gasteiger partial charge >= 0.3 is 11.9 Å². The highest BCUT2D eigenvalue weighted by Crippen LogP contribution is 2.45. The van der Waals surface area contributed by atoms with Crippen molar-refractivity contribution in [3.05, 3.63) is 0 Å². The molecule has 1 aliphatic rings. The van der Waals surface area contributed by atoms with Gasteiger partial charge in [-0.1, -0.05) is 13.3 Å². The van der Waals surface area contributed by atoms with Crippen molar-refractivity contribution in [2.45, 2.75) is 44.1 Å². The minimum absolute atomic E-state index is 0.00484. The van der Waals surface area contributed by atoms with Crippen LogP contribution in [0.25, 0.3) is 0 Å². The smallest absolute Gasteiger partial charge is 0.377 e. The number of carboxylic acids is 1. The molecule has 2 atom stereocenters. The van der Waals surface area contributed by atoms with Crippen LogP contribution in [0.15, 0.2) is 0 Å². The molecule has 1 aliphatic carbocycles. The first-order valence-electron chi connectivity index (χ1n) is 4.67. The van der Waals surface area contributed by atoms with Crippen LogP contribution in [0.3, 0.4) is 0 Å². The molecule has 0 heterocycles. The van der Waals surface area contributed by atoms with Crippen LogP contribution in [-0.4, -0.2) is 27.7 Å². The van der Waals surface area contributed by atoms with Crippen LogP contribution in [0.1, 0.15) is 32.6 Å². The highest BCUT2D eigenvalue weighted by molar-refractivity contribution is 5.77. The van der Waals surface area contributed by atoms with Crippen LogP contribution in [0.4, 0.5) is 8.78 Å². The molecule has 2 unspecified atom stereocenters. The SMILES string of the molecule is CCC1CCC(O)(C(F)(F)C(=O)O)C1. The van der Waals surface area contributed by atoms with Crippen molar-refractivity contribution in [1.82, 2.24) is 0 Å². The summed E-state index contributed by atoms with van der Waals surface area (Å²) in [5, 5.41) is 17.9. The molecule has 5 heteroatoms. The standard InChI is InChI=1S/C9H14F2O3/c1-2-6-3-4-8(14,5-6)9(10,11)7(12)13/h6,14H,2-5H2,1H3,(H,12,13). The van der Waals surface area contributed by atoms with Gasteiger partial charge in [0, 0.05) is 0 Å². The van der Waals surface area contributed by atoms with Crippen molar-refractivity contribution in [3.63, 3.8) is 0 Å². The number of rotatable bonds is 3. The van der Waals surface area contributed by atoms with Crippen LogP contribution >= 0.6 is 0 Å². The fourth-order valence-corrected chi connectivity index (χ4v) is 1.96. The first-order chi connectivity index (χ1) is 6.33. The normalized spacial score (nSPS) is 33.3. The molecular weight excluding hydrogens is 194 g/mol. The molecule has 0 aliphatic heterocycles. The van der Waals surface area contributed by atoms with Gasteiger partial charge < -0.3 is 10.2 Å². The van der Waals surface area contributed by atoms with Crippen LogP contribution in [0.2, 0.25) is 0 Å². The highest BCUT2D eigenvalue weighted by Gasteiger charge is 2.61. The maximum atomic E-state index is 13.1. The van der Waals surface area contributed by atoms with E-state index in [0.29, 0.717) is 12.8 Å². The lowest BCUT2D eigenvalue weighted by Crippen LogP contribution is -2.51. The lowest BCUT2D eigenvalue weighted by molar-refractivity contribution is -0.207. The molecule has 82 valence electrons. The largest absolute Gasteiger partial charge is 0.477 e. The van der Waals surface area contributed by atoms with E-state index in [4.69, 9.17) is 5.11 Å². The van der Waals surface area contributed by atoms with Gasteiger partial charge in [0.2, 0.25) is 0 Å². The average Bonchev–Trinajstić information content (AvgIpc) is 2.49. The Morgan fingerprint density at radius 2 is 2.21 bits per heavy atom. The summed E-state index contributed by atoms with van der Waals surface area (Å²) in [6.07, 6.45) is 0.904. The fraction of sp³-hybridized carbons (Fsp3) is 0.889. The summed E-state index contributed by atoms with van der Waals surface area (Å²) in [5.74, 6) is -6.27. The van der Waals surface area contributed by atoms with Crippen molar-refractivity contribution < 1.29 is 23.8 Å². The van der Waals surface area contributed by atoms with Gasteiger partial charge in [-0.25, -0.2) is 4.79 Å². The second kappa shape index (κ2) is 3.46. The first kappa shape index (κ1) is 11.4. The summed E-state index contributed by atoms with van der Waals surface area (Å²) >= 11 is 0.